The highest BCUT2D eigenvalue weighted by Crippen LogP contribution is 2.55. The van der Waals surface area contributed by atoms with Gasteiger partial charge in [0.2, 0.25) is 5.91 Å². The molecule has 0 spiro atoms. The minimum atomic E-state index is -0.225. The number of thioether (sulfide) groups is 1. The summed E-state index contributed by atoms with van der Waals surface area (Å²) in [5.41, 5.74) is 0. The van der Waals surface area contributed by atoms with Crippen LogP contribution in [0, 0.1) is 40.8 Å². The third-order valence-corrected chi connectivity index (χ3v) is 5.98. The van der Waals surface area contributed by atoms with Gasteiger partial charge in [-0.3, -0.25) is 4.79 Å². The van der Waals surface area contributed by atoms with E-state index < -0.39 is 0 Å². The van der Waals surface area contributed by atoms with Crippen LogP contribution >= 0.6 is 11.8 Å². The lowest BCUT2D eigenvalue weighted by Gasteiger charge is -2.30. The van der Waals surface area contributed by atoms with Crippen LogP contribution in [-0.4, -0.2) is 18.2 Å². The van der Waals surface area contributed by atoms with Crippen molar-refractivity contribution in [3.8, 4) is 6.07 Å². The van der Waals surface area contributed by atoms with Crippen LogP contribution in [0.25, 0.3) is 0 Å². The lowest BCUT2D eigenvalue weighted by atomic mass is 9.79. The van der Waals surface area contributed by atoms with E-state index in [1.807, 2.05) is 6.07 Å². The quantitative estimate of drug-likeness (QED) is 0.670. The molecule has 0 radical (unpaired) electrons. The Bertz CT molecular complexity index is 583. The van der Waals surface area contributed by atoms with Crippen LogP contribution in [0.5, 0.6) is 0 Å². The van der Waals surface area contributed by atoms with Crippen molar-refractivity contribution in [1.82, 2.24) is 5.32 Å². The van der Waals surface area contributed by atoms with E-state index >= 15 is 0 Å². The van der Waals surface area contributed by atoms with E-state index in [0.717, 1.165) is 23.5 Å². The van der Waals surface area contributed by atoms with Crippen molar-refractivity contribution in [1.29, 1.82) is 5.26 Å². The summed E-state index contributed by atoms with van der Waals surface area (Å²) in [6.45, 7) is 0.0878. The number of rotatable bonds is 5. The van der Waals surface area contributed by atoms with Crippen molar-refractivity contribution in [3.05, 3.63) is 30.1 Å². The van der Waals surface area contributed by atoms with Crippen molar-refractivity contribution in [2.45, 2.75) is 24.2 Å². The average molecular weight is 318 g/mol. The molecule has 1 amide bonds. The van der Waals surface area contributed by atoms with Crippen LogP contribution in [0.2, 0.25) is 0 Å². The van der Waals surface area contributed by atoms with Crippen LogP contribution in [0.3, 0.4) is 0 Å². The Hall–Kier alpha value is -1.54. The molecular formula is C17H19FN2OS. The number of fused-ring (bicyclic) bond motifs is 1. The fraction of sp³-hybridized carbons (Fsp3) is 0.529. The normalized spacial score (nSPS) is 29.3. The summed E-state index contributed by atoms with van der Waals surface area (Å²) < 4.78 is 12.9. The molecule has 1 aromatic carbocycles. The standard InChI is InChI=1S/C17H19FN2OS/c18-13-3-5-14(6-4-13)22-10-12-2-1-11-9-15(11)16(12)17(21)20-8-7-19/h3-6,11-12,15-16H,1-2,8-10H2,(H,20,21)/t11-,12?,15?,16+/m0/s1. The summed E-state index contributed by atoms with van der Waals surface area (Å²) in [6.07, 6.45) is 3.43. The van der Waals surface area contributed by atoms with Crippen molar-refractivity contribution in [3.63, 3.8) is 0 Å². The second-order valence-corrected chi connectivity index (χ2v) is 7.26. The predicted octanol–water partition coefficient (Wildman–Crippen LogP) is 3.22. The maximum Gasteiger partial charge on any atom is 0.224 e. The first kappa shape index (κ1) is 15.4. The molecule has 4 atom stereocenters. The Morgan fingerprint density at radius 3 is 2.86 bits per heavy atom. The van der Waals surface area contributed by atoms with E-state index in [9.17, 15) is 9.18 Å². The van der Waals surface area contributed by atoms with Crippen molar-refractivity contribution in [2.24, 2.45) is 23.7 Å². The molecule has 1 N–H and O–H groups in total. The van der Waals surface area contributed by atoms with Gasteiger partial charge in [-0.05, 0) is 61.3 Å². The van der Waals surface area contributed by atoms with Gasteiger partial charge in [0.05, 0.1) is 6.07 Å². The second-order valence-electron chi connectivity index (χ2n) is 6.16. The Morgan fingerprint density at radius 1 is 1.36 bits per heavy atom. The van der Waals surface area contributed by atoms with Gasteiger partial charge in [-0.2, -0.15) is 5.26 Å². The SMILES string of the molecule is N#CCNC(=O)[C@@H]1C(CSc2ccc(F)cc2)CC[C@H]2CC21. The second kappa shape index (κ2) is 6.70. The van der Waals surface area contributed by atoms with Gasteiger partial charge < -0.3 is 5.32 Å². The number of hydrogen-bond acceptors (Lipinski definition) is 3. The zero-order valence-electron chi connectivity index (χ0n) is 12.3. The fourth-order valence-electron chi connectivity index (χ4n) is 3.57. The molecule has 2 fully saturated rings. The summed E-state index contributed by atoms with van der Waals surface area (Å²) in [4.78, 5) is 13.4. The molecule has 3 nitrogen and oxygen atoms in total. The molecule has 2 aliphatic rings. The lowest BCUT2D eigenvalue weighted by molar-refractivity contribution is -0.127. The molecule has 0 bridgehead atoms. The van der Waals surface area contributed by atoms with Crippen LogP contribution in [0.15, 0.2) is 29.2 Å². The Morgan fingerprint density at radius 2 is 2.14 bits per heavy atom. The molecule has 0 saturated heterocycles. The number of hydrogen-bond donors (Lipinski definition) is 1. The molecule has 0 aliphatic heterocycles. The summed E-state index contributed by atoms with van der Waals surface area (Å²) in [5, 5.41) is 11.4. The van der Waals surface area contributed by atoms with Crippen LogP contribution < -0.4 is 5.32 Å². The van der Waals surface area contributed by atoms with Gasteiger partial charge in [0.15, 0.2) is 0 Å². The molecular weight excluding hydrogens is 299 g/mol. The van der Waals surface area contributed by atoms with E-state index in [-0.39, 0.29) is 24.2 Å². The first-order valence-corrected chi connectivity index (χ1v) is 8.70. The number of carbonyl (C=O) groups is 1. The molecule has 5 heteroatoms. The summed E-state index contributed by atoms with van der Waals surface area (Å²) in [6, 6.07) is 8.48. The van der Waals surface area contributed by atoms with Gasteiger partial charge in [0.1, 0.15) is 12.4 Å². The van der Waals surface area contributed by atoms with Gasteiger partial charge in [0.25, 0.3) is 0 Å². The summed E-state index contributed by atoms with van der Waals surface area (Å²) in [5.74, 6) is 2.29. The lowest BCUT2D eigenvalue weighted by Crippen LogP contribution is -2.39. The largest absolute Gasteiger partial charge is 0.343 e. The minimum absolute atomic E-state index is 0.0402. The number of benzene rings is 1. The maximum absolute atomic E-state index is 12.9. The Balaban J connectivity index is 1.61. The summed E-state index contributed by atoms with van der Waals surface area (Å²) in [7, 11) is 0. The van der Waals surface area contributed by atoms with Gasteiger partial charge in [-0.15, -0.1) is 11.8 Å². The van der Waals surface area contributed by atoms with Gasteiger partial charge in [-0.1, -0.05) is 0 Å². The smallest absolute Gasteiger partial charge is 0.224 e. The first-order chi connectivity index (χ1) is 10.7. The highest BCUT2D eigenvalue weighted by atomic mass is 32.2. The maximum atomic E-state index is 12.9. The highest BCUT2D eigenvalue weighted by molar-refractivity contribution is 7.99. The van der Waals surface area contributed by atoms with Crippen molar-refractivity contribution >= 4 is 17.7 Å². The molecule has 1 aromatic rings. The predicted molar refractivity (Wildman–Crippen MR) is 83.6 cm³/mol. The van der Waals surface area contributed by atoms with Crippen molar-refractivity contribution in [2.75, 3.05) is 12.3 Å². The molecule has 22 heavy (non-hydrogen) atoms. The molecule has 3 rings (SSSR count). The topological polar surface area (TPSA) is 52.9 Å². The van der Waals surface area contributed by atoms with Crippen LogP contribution in [0.1, 0.15) is 19.3 Å². The Kier molecular flexibility index (Phi) is 4.68. The van der Waals surface area contributed by atoms with Crippen molar-refractivity contribution < 1.29 is 9.18 Å². The van der Waals surface area contributed by atoms with Gasteiger partial charge in [-0.25, -0.2) is 4.39 Å². The third-order valence-electron chi connectivity index (χ3n) is 4.78. The number of amides is 1. The van der Waals surface area contributed by atoms with E-state index in [2.05, 4.69) is 5.32 Å². The zero-order valence-corrected chi connectivity index (χ0v) is 13.1. The van der Waals surface area contributed by atoms with Crippen LogP contribution in [0.4, 0.5) is 4.39 Å². The van der Waals surface area contributed by atoms with E-state index in [1.165, 1.54) is 18.6 Å². The van der Waals surface area contributed by atoms with Gasteiger partial charge in [0, 0.05) is 16.6 Å². The third kappa shape index (κ3) is 3.44. The Labute approximate surface area is 134 Å². The molecule has 0 aromatic heterocycles. The number of nitrogens with zero attached hydrogens (tertiary/aromatic N) is 1. The average Bonchev–Trinajstić information content (AvgIpc) is 3.31. The molecule has 0 heterocycles. The summed E-state index contributed by atoms with van der Waals surface area (Å²) >= 11 is 1.69. The van der Waals surface area contributed by atoms with E-state index in [4.69, 9.17) is 5.26 Å². The number of halogens is 1. The zero-order chi connectivity index (χ0) is 15.5. The minimum Gasteiger partial charge on any atom is -0.343 e. The number of nitriles is 1. The fourth-order valence-corrected chi connectivity index (χ4v) is 4.68. The first-order valence-electron chi connectivity index (χ1n) is 7.72. The number of carbonyl (C=O) groups excluding carboxylic acids is 1. The molecule has 116 valence electrons. The van der Waals surface area contributed by atoms with E-state index in [0.29, 0.717) is 17.8 Å². The molecule has 2 saturated carbocycles. The van der Waals surface area contributed by atoms with Crippen LogP contribution in [-0.2, 0) is 4.79 Å². The van der Waals surface area contributed by atoms with E-state index in [1.54, 1.807) is 23.9 Å². The van der Waals surface area contributed by atoms with Gasteiger partial charge >= 0.3 is 0 Å². The molecule has 2 aliphatic carbocycles. The number of nitrogens with one attached hydrogen (secondary N) is 1. The molecule has 2 unspecified atom stereocenters. The monoisotopic (exact) mass is 318 g/mol. The highest BCUT2D eigenvalue weighted by Gasteiger charge is 2.51.